The molecule has 0 saturated carbocycles. The van der Waals surface area contributed by atoms with Gasteiger partial charge in [-0.2, -0.15) is 11.8 Å². The Morgan fingerprint density at radius 3 is 2.35 bits per heavy atom. The van der Waals surface area contributed by atoms with Gasteiger partial charge in [0, 0.05) is 28.1 Å². The Morgan fingerprint density at radius 1 is 1.13 bits per heavy atom. The predicted octanol–water partition coefficient (Wildman–Crippen LogP) is 4.60. The summed E-state index contributed by atoms with van der Waals surface area (Å²) in [6, 6.07) is 12.0. The second kappa shape index (κ2) is 12.4. The summed E-state index contributed by atoms with van der Waals surface area (Å²) in [5.74, 6) is 1.53. The molecule has 2 aromatic carbocycles. The first-order valence-corrected chi connectivity index (χ1v) is 13.5. The lowest BCUT2D eigenvalue weighted by Crippen LogP contribution is -2.41. The standard InChI is InChI=1S/C21H26Cl2N2O4S2/c1-3-12-29-17-9-7-16(8-10-17)25(31(2,27)28)14-21(26)24-11-13-30-15-18-19(22)5-4-6-20(18)23/h4-10H,3,11-15H2,1-2H3,(H,24,26). The van der Waals surface area contributed by atoms with Gasteiger partial charge >= 0.3 is 0 Å². The topological polar surface area (TPSA) is 75.7 Å². The van der Waals surface area contributed by atoms with Crippen molar-refractivity contribution in [3.05, 3.63) is 58.1 Å². The molecule has 0 aliphatic carbocycles. The van der Waals surface area contributed by atoms with Crippen LogP contribution in [0.25, 0.3) is 0 Å². The number of halogens is 2. The van der Waals surface area contributed by atoms with E-state index < -0.39 is 10.0 Å². The van der Waals surface area contributed by atoms with Crippen molar-refractivity contribution < 1.29 is 17.9 Å². The van der Waals surface area contributed by atoms with Gasteiger partial charge in [0.05, 0.1) is 18.6 Å². The zero-order chi connectivity index (χ0) is 22.9. The molecule has 0 bridgehead atoms. The highest BCUT2D eigenvalue weighted by atomic mass is 35.5. The molecule has 0 fully saturated rings. The number of carbonyl (C=O) groups is 1. The van der Waals surface area contributed by atoms with Crippen LogP contribution in [0.1, 0.15) is 18.9 Å². The SMILES string of the molecule is CCCOc1ccc(N(CC(=O)NCCSCc2c(Cl)cccc2Cl)S(C)(=O)=O)cc1. The Hall–Kier alpha value is -1.61. The lowest BCUT2D eigenvalue weighted by Gasteiger charge is -2.22. The number of ether oxygens (including phenoxy) is 1. The lowest BCUT2D eigenvalue weighted by atomic mass is 10.2. The van der Waals surface area contributed by atoms with Gasteiger partial charge in [-0.05, 0) is 48.4 Å². The molecule has 1 N–H and O–H groups in total. The van der Waals surface area contributed by atoms with Gasteiger partial charge in [0.2, 0.25) is 15.9 Å². The van der Waals surface area contributed by atoms with E-state index in [4.69, 9.17) is 27.9 Å². The first-order valence-electron chi connectivity index (χ1n) is 9.70. The monoisotopic (exact) mass is 504 g/mol. The molecular weight excluding hydrogens is 479 g/mol. The van der Waals surface area contributed by atoms with Crippen LogP contribution in [0, 0.1) is 0 Å². The number of carbonyl (C=O) groups excluding carboxylic acids is 1. The Bertz CT molecular complexity index is 950. The molecule has 0 aliphatic rings. The van der Waals surface area contributed by atoms with Crippen LogP contribution in [0.15, 0.2) is 42.5 Å². The average molecular weight is 505 g/mol. The Kier molecular flexibility index (Phi) is 10.3. The van der Waals surface area contributed by atoms with E-state index in [0.29, 0.717) is 46.1 Å². The molecule has 0 radical (unpaired) electrons. The molecule has 0 heterocycles. The highest BCUT2D eigenvalue weighted by Gasteiger charge is 2.20. The highest BCUT2D eigenvalue weighted by Crippen LogP contribution is 2.28. The number of benzene rings is 2. The first-order chi connectivity index (χ1) is 14.7. The number of nitrogens with one attached hydrogen (secondary N) is 1. The Morgan fingerprint density at radius 2 is 1.77 bits per heavy atom. The Balaban J connectivity index is 1.86. The van der Waals surface area contributed by atoms with Crippen molar-refractivity contribution >= 4 is 56.6 Å². The molecule has 31 heavy (non-hydrogen) atoms. The van der Waals surface area contributed by atoms with Crippen molar-refractivity contribution in [1.82, 2.24) is 5.32 Å². The molecule has 0 aliphatic heterocycles. The molecule has 6 nitrogen and oxygen atoms in total. The number of hydrogen-bond donors (Lipinski definition) is 1. The largest absolute Gasteiger partial charge is 0.494 e. The summed E-state index contributed by atoms with van der Waals surface area (Å²) in [6.07, 6.45) is 1.95. The summed E-state index contributed by atoms with van der Waals surface area (Å²) in [5, 5.41) is 3.97. The minimum atomic E-state index is -3.63. The normalized spacial score (nSPS) is 11.2. The summed E-state index contributed by atoms with van der Waals surface area (Å²) in [7, 11) is -3.63. The first kappa shape index (κ1) is 25.6. The molecule has 1 amide bonds. The van der Waals surface area contributed by atoms with Crippen LogP contribution in [-0.2, 0) is 20.6 Å². The van der Waals surface area contributed by atoms with Crippen molar-refractivity contribution in [1.29, 1.82) is 0 Å². The van der Waals surface area contributed by atoms with Crippen LogP contribution >= 0.6 is 35.0 Å². The van der Waals surface area contributed by atoms with E-state index in [9.17, 15) is 13.2 Å². The van der Waals surface area contributed by atoms with Crippen LogP contribution in [0.4, 0.5) is 5.69 Å². The molecule has 0 aromatic heterocycles. The number of rotatable bonds is 12. The molecule has 2 aromatic rings. The maximum atomic E-state index is 12.3. The fourth-order valence-corrected chi connectivity index (χ4v) is 5.07. The van der Waals surface area contributed by atoms with Crippen molar-refractivity contribution in [3.8, 4) is 5.75 Å². The van der Waals surface area contributed by atoms with Crippen LogP contribution in [0.2, 0.25) is 10.0 Å². The summed E-state index contributed by atoms with van der Waals surface area (Å²) in [5.41, 5.74) is 1.26. The Labute approximate surface area is 198 Å². The molecule has 0 unspecified atom stereocenters. The highest BCUT2D eigenvalue weighted by molar-refractivity contribution is 7.98. The van der Waals surface area contributed by atoms with Crippen LogP contribution < -0.4 is 14.4 Å². The van der Waals surface area contributed by atoms with E-state index in [1.165, 1.54) is 0 Å². The summed E-state index contributed by atoms with van der Waals surface area (Å²) >= 11 is 13.9. The second-order valence-corrected chi connectivity index (χ2v) is 10.5. The van der Waals surface area contributed by atoms with Crippen LogP contribution in [0.5, 0.6) is 5.75 Å². The minimum absolute atomic E-state index is 0.297. The number of anilines is 1. The zero-order valence-corrected chi connectivity index (χ0v) is 20.6. The maximum Gasteiger partial charge on any atom is 0.240 e. The molecule has 10 heteroatoms. The third-order valence-electron chi connectivity index (χ3n) is 4.16. The lowest BCUT2D eigenvalue weighted by molar-refractivity contribution is -0.119. The molecule has 170 valence electrons. The fraction of sp³-hybridized carbons (Fsp3) is 0.381. The van der Waals surface area contributed by atoms with E-state index >= 15 is 0 Å². The van der Waals surface area contributed by atoms with E-state index in [0.717, 1.165) is 22.5 Å². The van der Waals surface area contributed by atoms with Gasteiger partial charge < -0.3 is 10.1 Å². The van der Waals surface area contributed by atoms with E-state index in [1.807, 2.05) is 6.92 Å². The number of nitrogens with zero attached hydrogens (tertiary/aromatic N) is 1. The van der Waals surface area contributed by atoms with Gasteiger partial charge in [-0.1, -0.05) is 36.2 Å². The number of thioether (sulfide) groups is 1. The third-order valence-corrected chi connectivity index (χ3v) is 7.00. The van der Waals surface area contributed by atoms with E-state index in [2.05, 4.69) is 5.32 Å². The molecular formula is C21H26Cl2N2O4S2. The van der Waals surface area contributed by atoms with Crippen molar-refractivity contribution in [2.75, 3.05) is 36.0 Å². The van der Waals surface area contributed by atoms with Gasteiger partial charge in [-0.3, -0.25) is 9.10 Å². The van der Waals surface area contributed by atoms with Gasteiger partial charge in [0.25, 0.3) is 0 Å². The smallest absolute Gasteiger partial charge is 0.240 e. The minimum Gasteiger partial charge on any atom is -0.494 e. The number of hydrogen-bond acceptors (Lipinski definition) is 5. The van der Waals surface area contributed by atoms with E-state index in [1.54, 1.807) is 54.2 Å². The van der Waals surface area contributed by atoms with Gasteiger partial charge in [0.1, 0.15) is 12.3 Å². The summed E-state index contributed by atoms with van der Waals surface area (Å²) in [4.78, 5) is 12.3. The van der Waals surface area contributed by atoms with Crippen molar-refractivity contribution in [3.63, 3.8) is 0 Å². The van der Waals surface area contributed by atoms with Crippen molar-refractivity contribution in [2.24, 2.45) is 0 Å². The molecule has 2 rings (SSSR count). The summed E-state index contributed by atoms with van der Waals surface area (Å²) in [6.45, 7) is 2.68. The van der Waals surface area contributed by atoms with E-state index in [-0.39, 0.29) is 12.5 Å². The fourth-order valence-electron chi connectivity index (χ4n) is 2.62. The second-order valence-electron chi connectivity index (χ2n) is 6.71. The average Bonchev–Trinajstić information content (AvgIpc) is 2.72. The molecule has 0 spiro atoms. The van der Waals surface area contributed by atoms with Crippen LogP contribution in [-0.4, -0.2) is 46.0 Å². The van der Waals surface area contributed by atoms with Crippen molar-refractivity contribution in [2.45, 2.75) is 19.1 Å². The zero-order valence-electron chi connectivity index (χ0n) is 17.4. The molecule has 0 atom stereocenters. The number of sulfonamides is 1. The predicted molar refractivity (Wildman–Crippen MR) is 130 cm³/mol. The summed E-state index contributed by atoms with van der Waals surface area (Å²) < 4.78 is 31.0. The van der Waals surface area contributed by atoms with Gasteiger partial charge in [0.15, 0.2) is 0 Å². The van der Waals surface area contributed by atoms with Gasteiger partial charge in [-0.25, -0.2) is 8.42 Å². The third kappa shape index (κ3) is 8.44. The number of amides is 1. The maximum absolute atomic E-state index is 12.3. The quantitative estimate of drug-likeness (QED) is 0.427. The van der Waals surface area contributed by atoms with Crippen LogP contribution in [0.3, 0.4) is 0 Å². The van der Waals surface area contributed by atoms with Gasteiger partial charge in [-0.15, -0.1) is 0 Å². The molecule has 0 saturated heterocycles.